The largest absolute Gasteiger partial charge is 0.505 e. The van der Waals surface area contributed by atoms with E-state index in [2.05, 4.69) is 10.6 Å². The molecule has 32 heavy (non-hydrogen) atoms. The number of rotatable bonds is 7. The molecule has 1 aromatic heterocycles. The number of anilines is 3. The average molecular weight is 433 g/mol. The minimum atomic E-state index is -0.687. The van der Waals surface area contributed by atoms with E-state index in [1.54, 1.807) is 26.4 Å². The number of phenols is 1. The van der Waals surface area contributed by atoms with Crippen molar-refractivity contribution in [1.82, 2.24) is 4.90 Å². The van der Waals surface area contributed by atoms with E-state index in [0.29, 0.717) is 6.42 Å². The van der Waals surface area contributed by atoms with Crippen molar-refractivity contribution in [3.05, 3.63) is 80.3 Å². The van der Waals surface area contributed by atoms with Crippen LogP contribution in [-0.4, -0.2) is 30.0 Å². The highest BCUT2D eigenvalue weighted by molar-refractivity contribution is 5.99. The van der Waals surface area contributed by atoms with E-state index in [1.165, 1.54) is 17.0 Å². The Hall–Kier alpha value is -4.07. The van der Waals surface area contributed by atoms with Crippen LogP contribution in [-0.2, 0) is 0 Å². The highest BCUT2D eigenvalue weighted by Gasteiger charge is 2.26. The van der Waals surface area contributed by atoms with Crippen molar-refractivity contribution in [2.75, 3.05) is 24.7 Å². The summed E-state index contributed by atoms with van der Waals surface area (Å²) in [6.07, 6.45) is 2.26. The predicted molar refractivity (Wildman–Crippen MR) is 124 cm³/mol. The molecule has 4 rings (SSSR count). The Balaban J connectivity index is 1.66. The number of phenolic OH excluding ortho intramolecular Hbond substituents is 1. The maximum atomic E-state index is 12.4. The first kappa shape index (κ1) is 21.2. The van der Waals surface area contributed by atoms with Crippen molar-refractivity contribution in [2.24, 2.45) is 0 Å². The van der Waals surface area contributed by atoms with Gasteiger partial charge in [0, 0.05) is 19.5 Å². The van der Waals surface area contributed by atoms with Gasteiger partial charge in [-0.2, -0.15) is 0 Å². The fraction of sp³-hybridized carbons (Fsp3) is 0.208. The molecular formula is C24H23N3O5. The minimum absolute atomic E-state index is 0.0533. The fourth-order valence-corrected chi connectivity index (χ4v) is 3.74. The highest BCUT2D eigenvalue weighted by atomic mass is 16.3. The molecule has 1 unspecified atom stereocenters. The lowest BCUT2D eigenvalue weighted by molar-refractivity contribution is 0.0824. The number of furan rings is 1. The number of aromatic hydroxyl groups is 1. The van der Waals surface area contributed by atoms with Crippen LogP contribution in [0, 0.1) is 0 Å². The Morgan fingerprint density at radius 1 is 1.06 bits per heavy atom. The number of fused-ring (bicyclic) bond motifs is 1. The summed E-state index contributed by atoms with van der Waals surface area (Å²) in [6.45, 7) is 1.97. The molecule has 8 heteroatoms. The molecule has 4 aromatic rings. The van der Waals surface area contributed by atoms with Crippen LogP contribution in [0.2, 0.25) is 0 Å². The molecule has 0 bridgehead atoms. The fourth-order valence-electron chi connectivity index (χ4n) is 3.74. The van der Waals surface area contributed by atoms with Crippen molar-refractivity contribution in [3.63, 3.8) is 0 Å². The third kappa shape index (κ3) is 3.49. The van der Waals surface area contributed by atoms with Crippen LogP contribution in [0.3, 0.4) is 0 Å². The SMILES string of the molecule is CCC(Nc1c(Nc2cccc(C(=O)N(C)C)c2O)c(=O)c1=O)c1cccc2occc12. The number of carbonyl (C=O) groups excluding carboxylic acids is 1. The van der Waals surface area contributed by atoms with E-state index in [9.17, 15) is 19.5 Å². The molecule has 3 aromatic carbocycles. The number of hydrogen-bond acceptors (Lipinski definition) is 7. The number of amides is 1. The molecule has 1 heterocycles. The molecular weight excluding hydrogens is 410 g/mol. The standard InChI is InChI=1S/C24H23N3O5/c1-4-16(13-7-6-10-18-14(13)11-12-32-18)25-19-20(23(30)22(19)29)26-17-9-5-8-15(21(17)28)24(31)27(2)3/h5-12,16,25-26,28H,4H2,1-3H3. The topological polar surface area (TPSA) is 112 Å². The van der Waals surface area contributed by atoms with Crippen molar-refractivity contribution < 1.29 is 14.3 Å². The number of benzene rings is 2. The van der Waals surface area contributed by atoms with Gasteiger partial charge in [0.15, 0.2) is 5.75 Å². The van der Waals surface area contributed by atoms with Gasteiger partial charge in [0.05, 0.1) is 23.6 Å². The first-order chi connectivity index (χ1) is 15.3. The van der Waals surface area contributed by atoms with E-state index in [4.69, 9.17) is 4.42 Å². The summed E-state index contributed by atoms with van der Waals surface area (Å²) in [4.78, 5) is 38.3. The normalized spacial score (nSPS) is 12.1. The molecule has 0 aliphatic carbocycles. The van der Waals surface area contributed by atoms with Crippen LogP contribution in [0.25, 0.3) is 11.0 Å². The molecule has 1 atom stereocenters. The predicted octanol–water partition coefficient (Wildman–Crippen LogP) is 3.74. The van der Waals surface area contributed by atoms with Crippen LogP contribution in [0.15, 0.2) is 62.7 Å². The van der Waals surface area contributed by atoms with E-state index in [0.717, 1.165) is 16.5 Å². The van der Waals surface area contributed by atoms with Gasteiger partial charge in [0.1, 0.15) is 17.0 Å². The molecule has 8 nitrogen and oxygen atoms in total. The van der Waals surface area contributed by atoms with Crippen LogP contribution < -0.4 is 21.5 Å². The number of carbonyl (C=O) groups is 1. The van der Waals surface area contributed by atoms with Crippen LogP contribution in [0.1, 0.15) is 35.3 Å². The molecule has 0 radical (unpaired) electrons. The lowest BCUT2D eigenvalue weighted by Gasteiger charge is -2.23. The van der Waals surface area contributed by atoms with Crippen molar-refractivity contribution in [3.8, 4) is 5.75 Å². The molecule has 0 saturated carbocycles. The summed E-state index contributed by atoms with van der Waals surface area (Å²) in [5, 5.41) is 17.5. The molecule has 3 N–H and O–H groups in total. The van der Waals surface area contributed by atoms with Gasteiger partial charge >= 0.3 is 0 Å². The van der Waals surface area contributed by atoms with Gasteiger partial charge in [-0.15, -0.1) is 0 Å². The summed E-state index contributed by atoms with van der Waals surface area (Å²) in [5.74, 6) is -0.672. The van der Waals surface area contributed by atoms with Gasteiger partial charge in [-0.05, 0) is 36.2 Å². The number of nitrogens with one attached hydrogen (secondary N) is 2. The Labute approximate surface area is 183 Å². The summed E-state index contributed by atoms with van der Waals surface area (Å²) < 4.78 is 5.47. The summed E-state index contributed by atoms with van der Waals surface area (Å²) in [6, 6.07) is 11.9. The summed E-state index contributed by atoms with van der Waals surface area (Å²) >= 11 is 0. The van der Waals surface area contributed by atoms with Crippen molar-refractivity contribution >= 4 is 33.9 Å². The highest BCUT2D eigenvalue weighted by Crippen LogP contribution is 2.34. The second-order valence-corrected chi connectivity index (χ2v) is 7.72. The minimum Gasteiger partial charge on any atom is -0.505 e. The second-order valence-electron chi connectivity index (χ2n) is 7.72. The molecule has 0 aliphatic rings. The monoisotopic (exact) mass is 433 g/mol. The first-order valence-electron chi connectivity index (χ1n) is 10.2. The second kappa shape index (κ2) is 8.22. The van der Waals surface area contributed by atoms with Crippen LogP contribution >= 0.6 is 0 Å². The third-order valence-corrected chi connectivity index (χ3v) is 5.47. The zero-order valence-corrected chi connectivity index (χ0v) is 17.9. The van der Waals surface area contributed by atoms with Gasteiger partial charge in [-0.25, -0.2) is 0 Å². The molecule has 1 amide bonds. The van der Waals surface area contributed by atoms with E-state index >= 15 is 0 Å². The Bertz CT molecular complexity index is 1380. The first-order valence-corrected chi connectivity index (χ1v) is 10.2. The van der Waals surface area contributed by atoms with Gasteiger partial charge in [0.2, 0.25) is 0 Å². The summed E-state index contributed by atoms with van der Waals surface area (Å²) in [7, 11) is 3.15. The Kier molecular flexibility index (Phi) is 5.44. The van der Waals surface area contributed by atoms with Gasteiger partial charge in [-0.3, -0.25) is 14.4 Å². The Morgan fingerprint density at radius 3 is 2.50 bits per heavy atom. The third-order valence-electron chi connectivity index (χ3n) is 5.47. The molecule has 0 spiro atoms. The number of para-hydroxylation sites is 1. The van der Waals surface area contributed by atoms with Gasteiger partial charge < -0.3 is 25.1 Å². The molecule has 0 fully saturated rings. The number of hydrogen-bond donors (Lipinski definition) is 3. The maximum absolute atomic E-state index is 12.4. The maximum Gasteiger partial charge on any atom is 0.257 e. The van der Waals surface area contributed by atoms with Gasteiger partial charge in [0.25, 0.3) is 16.8 Å². The Morgan fingerprint density at radius 2 is 1.78 bits per heavy atom. The van der Waals surface area contributed by atoms with E-state index in [-0.39, 0.29) is 40.3 Å². The number of nitrogens with zero attached hydrogens (tertiary/aromatic N) is 1. The average Bonchev–Trinajstić information content (AvgIpc) is 3.28. The lowest BCUT2D eigenvalue weighted by atomic mass is 9.99. The van der Waals surface area contributed by atoms with Crippen LogP contribution in [0.5, 0.6) is 5.75 Å². The van der Waals surface area contributed by atoms with Crippen LogP contribution in [0.4, 0.5) is 17.1 Å². The van der Waals surface area contributed by atoms with Crippen molar-refractivity contribution in [2.45, 2.75) is 19.4 Å². The molecule has 164 valence electrons. The lowest BCUT2D eigenvalue weighted by Crippen LogP contribution is -2.37. The summed E-state index contributed by atoms with van der Waals surface area (Å²) in [5.41, 5.74) is 0.809. The molecule has 0 aliphatic heterocycles. The molecule has 0 saturated heterocycles. The quantitative estimate of drug-likeness (QED) is 0.301. The van der Waals surface area contributed by atoms with Gasteiger partial charge in [-0.1, -0.05) is 25.1 Å². The van der Waals surface area contributed by atoms with Crippen molar-refractivity contribution in [1.29, 1.82) is 0 Å². The smallest absolute Gasteiger partial charge is 0.257 e. The zero-order valence-electron chi connectivity index (χ0n) is 17.9. The van der Waals surface area contributed by atoms with E-state index < -0.39 is 10.9 Å². The van der Waals surface area contributed by atoms with E-state index in [1.807, 2.05) is 31.2 Å². The zero-order chi connectivity index (χ0) is 23.0.